The van der Waals surface area contributed by atoms with Crippen LogP contribution < -0.4 is 15.4 Å². The molecule has 31 heavy (non-hydrogen) atoms. The van der Waals surface area contributed by atoms with Crippen molar-refractivity contribution in [1.29, 1.82) is 0 Å². The summed E-state index contributed by atoms with van der Waals surface area (Å²) in [5.74, 6) is 0.858. The summed E-state index contributed by atoms with van der Waals surface area (Å²) in [6, 6.07) is 5.92. The van der Waals surface area contributed by atoms with Gasteiger partial charge in [-0.2, -0.15) is 0 Å². The summed E-state index contributed by atoms with van der Waals surface area (Å²) in [7, 11) is -2.62. The van der Waals surface area contributed by atoms with Crippen molar-refractivity contribution in [2.75, 3.05) is 12.4 Å². The largest absolute Gasteiger partial charge is 0.504 e. The van der Waals surface area contributed by atoms with E-state index in [1.54, 1.807) is 6.26 Å². The van der Waals surface area contributed by atoms with Crippen LogP contribution in [0.5, 0.6) is 5.75 Å². The van der Waals surface area contributed by atoms with Gasteiger partial charge in [0.1, 0.15) is 10.7 Å². The Morgan fingerprint density at radius 1 is 1.23 bits per heavy atom. The van der Waals surface area contributed by atoms with E-state index >= 15 is 0 Å². The molecule has 1 aromatic carbocycles. The number of nitrogens with zero attached hydrogens (tertiary/aromatic N) is 2. The highest BCUT2D eigenvalue weighted by Crippen LogP contribution is 2.31. The molecule has 4 N–H and O–H groups in total. The molecule has 168 valence electrons. The van der Waals surface area contributed by atoms with Crippen LogP contribution in [-0.2, 0) is 21.2 Å². The average Bonchev–Trinajstić information content (AvgIpc) is 3.34. The van der Waals surface area contributed by atoms with Crippen LogP contribution in [0.3, 0.4) is 0 Å². The Bertz CT molecular complexity index is 1150. The first-order valence-electron chi connectivity index (χ1n) is 9.63. The lowest BCUT2D eigenvalue weighted by atomic mass is 10.1. The molecule has 0 spiro atoms. The Balaban J connectivity index is 1.84. The number of benzene rings is 1. The molecule has 0 saturated carbocycles. The predicted molar refractivity (Wildman–Crippen MR) is 120 cm³/mol. The number of amidine groups is 2. The van der Waals surface area contributed by atoms with Crippen molar-refractivity contribution in [3.05, 3.63) is 41.9 Å². The minimum atomic E-state index is -3.87. The maximum atomic E-state index is 12.1. The number of sulfonamides is 1. The molecule has 0 radical (unpaired) electrons. The lowest BCUT2D eigenvalue weighted by Crippen LogP contribution is -2.36. The fourth-order valence-corrected chi connectivity index (χ4v) is 4.38. The van der Waals surface area contributed by atoms with Gasteiger partial charge in [-0.3, -0.25) is 0 Å². The van der Waals surface area contributed by atoms with E-state index in [2.05, 4.69) is 38.0 Å². The third kappa shape index (κ3) is 4.97. The zero-order chi connectivity index (χ0) is 22.8. The van der Waals surface area contributed by atoms with Crippen molar-refractivity contribution >= 4 is 38.6 Å². The second-order valence-corrected chi connectivity index (χ2v) is 9.82. The fourth-order valence-electron chi connectivity index (χ4n) is 2.91. The monoisotopic (exact) mass is 467 g/mol. The van der Waals surface area contributed by atoms with Gasteiger partial charge in [0.05, 0.1) is 18.0 Å². The van der Waals surface area contributed by atoms with Crippen LogP contribution in [0.15, 0.2) is 48.6 Å². The molecule has 12 heteroatoms. The highest BCUT2D eigenvalue weighted by Gasteiger charge is 2.26. The van der Waals surface area contributed by atoms with E-state index in [-0.39, 0.29) is 28.3 Å². The number of phenolic OH excluding ortho intramolecular Hbond substituents is 1. The van der Waals surface area contributed by atoms with Crippen LogP contribution in [0.2, 0.25) is 0 Å². The Morgan fingerprint density at radius 2 is 1.94 bits per heavy atom. The average molecular weight is 468 g/mol. The molecular weight excluding hydrogens is 442 g/mol. The molecule has 2 aromatic rings. The smallest absolute Gasteiger partial charge is 0.269 e. The van der Waals surface area contributed by atoms with Crippen LogP contribution >= 0.6 is 0 Å². The summed E-state index contributed by atoms with van der Waals surface area (Å²) in [5.41, 5.74) is 1.14. The normalized spacial score (nSPS) is 17.4. The lowest BCUT2D eigenvalue weighted by molar-refractivity contribution is 0.439. The molecule has 0 saturated heterocycles. The number of furan rings is 1. The molecule has 0 fully saturated rings. The van der Waals surface area contributed by atoms with E-state index in [4.69, 9.17) is 4.42 Å². The zero-order valence-electron chi connectivity index (χ0n) is 17.5. The molecule has 2 atom stereocenters. The van der Waals surface area contributed by atoms with Crippen LogP contribution in [-0.4, -0.2) is 36.5 Å². The standard InChI is InChI=1S/C19H25N5O5S2/c1-5-13(15-9-12(10-29-15)11(2)3)21-18-19(24-30(26)23-18)22-14-7-6-8-16(17(14)25)31(27,28)20-4/h6-11,13,20,25H,5H2,1-4H3,(H,21,23)(H,22,24). The van der Waals surface area contributed by atoms with Crippen LogP contribution in [0, 0.1) is 0 Å². The van der Waals surface area contributed by atoms with Gasteiger partial charge in [0, 0.05) is 0 Å². The van der Waals surface area contributed by atoms with Crippen molar-refractivity contribution < 1.29 is 22.2 Å². The highest BCUT2D eigenvalue weighted by molar-refractivity contribution is 7.89. The second-order valence-electron chi connectivity index (χ2n) is 7.14. The van der Waals surface area contributed by atoms with Crippen molar-refractivity contribution in [3.8, 4) is 5.75 Å². The summed E-state index contributed by atoms with van der Waals surface area (Å²) in [4.78, 5) is -0.297. The van der Waals surface area contributed by atoms with Crippen molar-refractivity contribution in [1.82, 2.24) is 10.0 Å². The Hall–Kier alpha value is -2.70. The van der Waals surface area contributed by atoms with Gasteiger partial charge in [0.25, 0.3) is 11.2 Å². The molecular formula is C19H25N5O5S2. The van der Waals surface area contributed by atoms with Gasteiger partial charge < -0.3 is 20.2 Å². The van der Waals surface area contributed by atoms with Crippen molar-refractivity contribution in [2.24, 2.45) is 8.80 Å². The minimum Gasteiger partial charge on any atom is -0.504 e. The number of phenols is 1. The maximum absolute atomic E-state index is 12.1. The Kier molecular flexibility index (Phi) is 6.82. The molecule has 10 nitrogen and oxygen atoms in total. The van der Waals surface area contributed by atoms with E-state index in [0.717, 1.165) is 5.56 Å². The third-order valence-electron chi connectivity index (χ3n) is 4.74. The number of anilines is 1. The highest BCUT2D eigenvalue weighted by atomic mass is 32.2. The van der Waals surface area contributed by atoms with Crippen molar-refractivity contribution in [3.63, 3.8) is 0 Å². The number of hydrogen-bond donors (Lipinski definition) is 4. The van der Waals surface area contributed by atoms with Gasteiger partial charge in [0.2, 0.25) is 10.0 Å². The van der Waals surface area contributed by atoms with Gasteiger partial charge in [0.15, 0.2) is 17.4 Å². The first-order chi connectivity index (χ1) is 14.7. The fraction of sp³-hybridized carbons (Fsp3) is 0.368. The van der Waals surface area contributed by atoms with Crippen molar-refractivity contribution in [2.45, 2.75) is 44.0 Å². The van der Waals surface area contributed by atoms with Crippen LogP contribution in [0.25, 0.3) is 0 Å². The zero-order valence-corrected chi connectivity index (χ0v) is 19.2. The molecule has 1 aliphatic rings. The number of nitrogens with one attached hydrogen (secondary N) is 3. The molecule has 3 rings (SSSR count). The van der Waals surface area contributed by atoms with Crippen LogP contribution in [0.4, 0.5) is 5.69 Å². The van der Waals surface area contributed by atoms with E-state index < -0.39 is 26.9 Å². The summed E-state index contributed by atoms with van der Waals surface area (Å²) < 4.78 is 51.9. The molecule has 1 aliphatic heterocycles. The van der Waals surface area contributed by atoms with Gasteiger partial charge in [-0.1, -0.05) is 26.8 Å². The van der Waals surface area contributed by atoms with Gasteiger partial charge in [-0.15, -0.1) is 8.80 Å². The van der Waals surface area contributed by atoms with E-state index in [1.165, 1.54) is 25.2 Å². The first kappa shape index (κ1) is 23.0. The SMILES string of the molecule is CCC(NC1=NS(=O)N=C1Nc1cccc(S(=O)(=O)NC)c1O)c1cc(C(C)C)co1. The molecule has 0 amide bonds. The van der Waals surface area contributed by atoms with Gasteiger partial charge in [-0.25, -0.2) is 17.3 Å². The number of aromatic hydroxyl groups is 1. The molecule has 2 unspecified atom stereocenters. The predicted octanol–water partition coefficient (Wildman–Crippen LogP) is 2.56. The summed E-state index contributed by atoms with van der Waals surface area (Å²) in [5, 5.41) is 16.4. The van der Waals surface area contributed by atoms with Gasteiger partial charge in [-0.05, 0) is 43.1 Å². The summed E-state index contributed by atoms with van der Waals surface area (Å²) in [6.07, 6.45) is 2.36. The summed E-state index contributed by atoms with van der Waals surface area (Å²) in [6.45, 7) is 6.09. The molecule has 2 heterocycles. The Labute approximate surface area is 183 Å². The minimum absolute atomic E-state index is 0.0802. The first-order valence-corrected chi connectivity index (χ1v) is 12.2. The van der Waals surface area contributed by atoms with E-state index in [1.807, 2.05) is 13.0 Å². The molecule has 0 bridgehead atoms. The Morgan fingerprint density at radius 3 is 2.55 bits per heavy atom. The maximum Gasteiger partial charge on any atom is 0.269 e. The quantitative estimate of drug-likeness (QED) is 0.458. The molecule has 1 aromatic heterocycles. The topological polar surface area (TPSA) is 145 Å². The summed E-state index contributed by atoms with van der Waals surface area (Å²) >= 11 is -1.86. The van der Waals surface area contributed by atoms with Gasteiger partial charge >= 0.3 is 0 Å². The van der Waals surface area contributed by atoms with E-state index in [9.17, 15) is 17.7 Å². The third-order valence-corrected chi connectivity index (χ3v) is 6.87. The second kappa shape index (κ2) is 9.20. The lowest BCUT2D eigenvalue weighted by Gasteiger charge is -2.17. The van der Waals surface area contributed by atoms with E-state index in [0.29, 0.717) is 18.1 Å². The number of para-hydroxylation sites is 1. The number of rotatable bonds is 7. The molecule has 0 aliphatic carbocycles. The van der Waals surface area contributed by atoms with Crippen LogP contribution in [0.1, 0.15) is 50.5 Å². The number of hydrogen-bond acceptors (Lipinski definition) is 7.